The molecule has 80 valence electrons. The molecule has 1 aromatic heterocycles. The molecule has 0 saturated carbocycles. The molecule has 0 aliphatic carbocycles. The predicted octanol–water partition coefficient (Wildman–Crippen LogP) is 1.25. The molecule has 0 aliphatic heterocycles. The van der Waals surface area contributed by atoms with Crippen molar-refractivity contribution in [1.29, 1.82) is 0 Å². The van der Waals surface area contributed by atoms with Crippen LogP contribution in [0.4, 0.5) is 0 Å². The van der Waals surface area contributed by atoms with Crippen LogP contribution >= 0.6 is 0 Å². The molecule has 1 atom stereocenters. The van der Waals surface area contributed by atoms with Crippen LogP contribution < -0.4 is 4.74 Å². The minimum absolute atomic E-state index is 0.0914. The third-order valence-corrected chi connectivity index (χ3v) is 2.17. The molecule has 3 N–H and O–H groups in total. The van der Waals surface area contributed by atoms with Gasteiger partial charge in [0.25, 0.3) is 0 Å². The Balaban J connectivity index is 2.14. The SMILES string of the molecule is OCCC(O)Oc1ccc2cc[nH]c2c1. The molecule has 2 aromatic rings. The van der Waals surface area contributed by atoms with Crippen molar-refractivity contribution in [2.75, 3.05) is 6.61 Å². The molecule has 0 spiro atoms. The van der Waals surface area contributed by atoms with E-state index >= 15 is 0 Å². The molecular formula is C11H13NO3. The molecule has 4 nitrogen and oxygen atoms in total. The fraction of sp³-hybridized carbons (Fsp3) is 0.273. The third kappa shape index (κ3) is 2.29. The summed E-state index contributed by atoms with van der Waals surface area (Å²) in [5.74, 6) is 0.589. The highest BCUT2D eigenvalue weighted by molar-refractivity contribution is 5.80. The van der Waals surface area contributed by atoms with Crippen LogP contribution in [0.15, 0.2) is 30.5 Å². The average Bonchev–Trinajstić information content (AvgIpc) is 2.65. The van der Waals surface area contributed by atoms with E-state index in [9.17, 15) is 5.11 Å². The van der Waals surface area contributed by atoms with E-state index in [1.165, 1.54) is 0 Å². The number of rotatable bonds is 4. The van der Waals surface area contributed by atoms with E-state index in [1.807, 2.05) is 24.4 Å². The molecule has 15 heavy (non-hydrogen) atoms. The maximum Gasteiger partial charge on any atom is 0.199 e. The van der Waals surface area contributed by atoms with Crippen molar-refractivity contribution in [3.8, 4) is 5.75 Å². The standard InChI is InChI=1S/C11H13NO3/c13-6-4-11(14)15-9-2-1-8-3-5-12-10(8)7-9/h1-3,5,7,11-14H,4,6H2. The summed E-state index contributed by atoms with van der Waals surface area (Å²) in [6, 6.07) is 7.47. The number of ether oxygens (including phenoxy) is 1. The van der Waals surface area contributed by atoms with Gasteiger partial charge >= 0.3 is 0 Å². The first-order valence-corrected chi connectivity index (χ1v) is 4.82. The minimum Gasteiger partial charge on any atom is -0.465 e. The van der Waals surface area contributed by atoms with E-state index in [2.05, 4.69) is 4.98 Å². The molecule has 0 bridgehead atoms. The molecule has 1 aromatic carbocycles. The highest BCUT2D eigenvalue weighted by atomic mass is 16.6. The lowest BCUT2D eigenvalue weighted by Crippen LogP contribution is -2.16. The number of aromatic nitrogens is 1. The van der Waals surface area contributed by atoms with Gasteiger partial charge in [0.05, 0.1) is 0 Å². The number of H-pyrrole nitrogens is 1. The van der Waals surface area contributed by atoms with Crippen molar-refractivity contribution in [2.24, 2.45) is 0 Å². The average molecular weight is 207 g/mol. The number of hydrogen-bond acceptors (Lipinski definition) is 3. The zero-order chi connectivity index (χ0) is 10.7. The summed E-state index contributed by atoms with van der Waals surface area (Å²) in [5.41, 5.74) is 0.962. The Labute approximate surface area is 87.1 Å². The Hall–Kier alpha value is -1.52. The number of aliphatic hydroxyl groups excluding tert-OH is 2. The summed E-state index contributed by atoms with van der Waals surface area (Å²) in [5, 5.41) is 19.0. The quantitative estimate of drug-likeness (QED) is 0.661. The van der Waals surface area contributed by atoms with Crippen LogP contribution in [-0.4, -0.2) is 28.1 Å². The largest absolute Gasteiger partial charge is 0.465 e. The second-order valence-electron chi connectivity index (χ2n) is 3.31. The monoisotopic (exact) mass is 207 g/mol. The topological polar surface area (TPSA) is 65.5 Å². The van der Waals surface area contributed by atoms with Crippen molar-refractivity contribution >= 4 is 10.9 Å². The Morgan fingerprint density at radius 2 is 2.20 bits per heavy atom. The highest BCUT2D eigenvalue weighted by Crippen LogP contribution is 2.20. The first kappa shape index (κ1) is 10.0. The first-order chi connectivity index (χ1) is 7.29. The molecule has 0 aliphatic rings. The van der Waals surface area contributed by atoms with Gasteiger partial charge < -0.3 is 19.9 Å². The van der Waals surface area contributed by atoms with Gasteiger partial charge in [-0.25, -0.2) is 0 Å². The predicted molar refractivity (Wildman–Crippen MR) is 56.6 cm³/mol. The summed E-state index contributed by atoms with van der Waals surface area (Å²) < 4.78 is 5.21. The second-order valence-corrected chi connectivity index (χ2v) is 3.31. The van der Waals surface area contributed by atoms with Gasteiger partial charge in [-0.05, 0) is 23.6 Å². The smallest absolute Gasteiger partial charge is 0.199 e. The normalized spacial score (nSPS) is 12.9. The van der Waals surface area contributed by atoms with Gasteiger partial charge in [0.1, 0.15) is 5.75 Å². The zero-order valence-corrected chi connectivity index (χ0v) is 8.18. The van der Waals surface area contributed by atoms with Crippen LogP contribution in [0.1, 0.15) is 6.42 Å². The Bertz CT molecular complexity index is 438. The summed E-state index contributed by atoms with van der Waals surface area (Å²) >= 11 is 0. The van der Waals surface area contributed by atoms with Gasteiger partial charge in [0.2, 0.25) is 0 Å². The van der Waals surface area contributed by atoms with E-state index in [0.717, 1.165) is 10.9 Å². The van der Waals surface area contributed by atoms with Crippen LogP contribution in [0.5, 0.6) is 5.75 Å². The van der Waals surface area contributed by atoms with Crippen LogP contribution in [0, 0.1) is 0 Å². The molecular weight excluding hydrogens is 194 g/mol. The Kier molecular flexibility index (Phi) is 2.89. The summed E-state index contributed by atoms with van der Waals surface area (Å²) in [6.45, 7) is -0.0914. The van der Waals surface area contributed by atoms with Crippen LogP contribution in [0.3, 0.4) is 0 Å². The van der Waals surface area contributed by atoms with Gasteiger partial charge in [-0.15, -0.1) is 0 Å². The number of benzene rings is 1. The minimum atomic E-state index is -0.956. The lowest BCUT2D eigenvalue weighted by Gasteiger charge is -2.11. The van der Waals surface area contributed by atoms with Crippen molar-refractivity contribution in [2.45, 2.75) is 12.7 Å². The van der Waals surface area contributed by atoms with E-state index in [4.69, 9.17) is 9.84 Å². The molecule has 1 unspecified atom stereocenters. The van der Waals surface area contributed by atoms with E-state index in [1.54, 1.807) is 6.07 Å². The highest BCUT2D eigenvalue weighted by Gasteiger charge is 2.05. The molecule has 0 saturated heterocycles. The van der Waals surface area contributed by atoms with Crippen LogP contribution in [0.25, 0.3) is 10.9 Å². The van der Waals surface area contributed by atoms with Gasteiger partial charge in [-0.2, -0.15) is 0 Å². The van der Waals surface area contributed by atoms with Crippen molar-refractivity contribution in [1.82, 2.24) is 4.98 Å². The maximum absolute atomic E-state index is 9.33. The fourth-order valence-electron chi connectivity index (χ4n) is 1.43. The fourth-order valence-corrected chi connectivity index (χ4v) is 1.43. The molecule has 0 amide bonds. The molecule has 0 radical (unpaired) electrons. The van der Waals surface area contributed by atoms with Crippen molar-refractivity contribution < 1.29 is 14.9 Å². The number of fused-ring (bicyclic) bond motifs is 1. The van der Waals surface area contributed by atoms with Gasteiger partial charge in [0, 0.05) is 30.8 Å². The van der Waals surface area contributed by atoms with Crippen LogP contribution in [-0.2, 0) is 0 Å². The van der Waals surface area contributed by atoms with Crippen molar-refractivity contribution in [3.05, 3.63) is 30.5 Å². The Morgan fingerprint density at radius 3 is 3.00 bits per heavy atom. The first-order valence-electron chi connectivity index (χ1n) is 4.82. The number of nitrogens with one attached hydrogen (secondary N) is 1. The van der Waals surface area contributed by atoms with Gasteiger partial charge in [-0.1, -0.05) is 0 Å². The molecule has 4 heteroatoms. The maximum atomic E-state index is 9.33. The molecule has 2 rings (SSSR count). The van der Waals surface area contributed by atoms with Crippen LogP contribution in [0.2, 0.25) is 0 Å². The number of aliphatic hydroxyl groups is 2. The summed E-state index contributed by atoms with van der Waals surface area (Å²) in [7, 11) is 0. The molecule has 1 heterocycles. The molecule has 0 fully saturated rings. The number of hydrogen-bond donors (Lipinski definition) is 3. The lowest BCUT2D eigenvalue weighted by molar-refractivity contribution is -0.0326. The zero-order valence-electron chi connectivity index (χ0n) is 8.18. The van der Waals surface area contributed by atoms with Gasteiger partial charge in [0.15, 0.2) is 6.29 Å². The number of aromatic amines is 1. The van der Waals surface area contributed by atoms with E-state index in [0.29, 0.717) is 5.75 Å². The van der Waals surface area contributed by atoms with Gasteiger partial charge in [-0.3, -0.25) is 0 Å². The lowest BCUT2D eigenvalue weighted by atomic mass is 10.2. The second kappa shape index (κ2) is 4.33. The summed E-state index contributed by atoms with van der Waals surface area (Å²) in [6.07, 6.45) is 1.10. The Morgan fingerprint density at radius 1 is 1.33 bits per heavy atom. The van der Waals surface area contributed by atoms with Crippen molar-refractivity contribution in [3.63, 3.8) is 0 Å². The third-order valence-electron chi connectivity index (χ3n) is 2.17. The van der Waals surface area contributed by atoms with E-state index in [-0.39, 0.29) is 13.0 Å². The van der Waals surface area contributed by atoms with E-state index < -0.39 is 6.29 Å². The summed E-state index contributed by atoms with van der Waals surface area (Å²) in [4.78, 5) is 3.05.